The van der Waals surface area contributed by atoms with E-state index in [0.29, 0.717) is 6.61 Å². The largest absolute Gasteiger partial charge is 0.396 e. The molecule has 8 fully saturated rings. The SMILES string of the molecule is CN(C)CC(CO)(C1C2CC3CC(C2)CC1C3)C1C2CC3CC(C2)CC1C3. The Hall–Kier alpha value is -0.0800. The zero-order valence-electron chi connectivity index (χ0n) is 17.7. The minimum absolute atomic E-state index is 0.189. The van der Waals surface area contributed by atoms with E-state index in [-0.39, 0.29) is 5.41 Å². The van der Waals surface area contributed by atoms with Gasteiger partial charge in [0.15, 0.2) is 0 Å². The number of hydrogen-bond donors (Lipinski definition) is 1. The lowest BCUT2D eigenvalue weighted by atomic mass is 9.39. The van der Waals surface area contributed by atoms with Gasteiger partial charge in [-0.25, -0.2) is 0 Å². The summed E-state index contributed by atoms with van der Waals surface area (Å²) in [6.45, 7) is 1.61. The fourth-order valence-corrected chi connectivity index (χ4v) is 11.0. The Bertz CT molecular complexity index is 485. The summed E-state index contributed by atoms with van der Waals surface area (Å²) in [4.78, 5) is 2.45. The Morgan fingerprint density at radius 3 is 1.22 bits per heavy atom. The molecule has 8 saturated carbocycles. The molecular formula is C25H41NO. The lowest BCUT2D eigenvalue weighted by Gasteiger charge is -2.66. The van der Waals surface area contributed by atoms with Gasteiger partial charge in [0.1, 0.15) is 0 Å². The Kier molecular flexibility index (Phi) is 4.08. The normalized spacial score (nSPS) is 54.7. The van der Waals surface area contributed by atoms with Crippen LogP contribution in [-0.2, 0) is 0 Å². The molecule has 152 valence electrons. The molecule has 2 nitrogen and oxygen atoms in total. The lowest BCUT2D eigenvalue weighted by Crippen LogP contribution is -2.63. The highest BCUT2D eigenvalue weighted by atomic mass is 16.3. The standard InChI is InChI=1S/C25H41NO/c1-26(2)13-25(14-27,23-19-5-15-3-16(7-19)8-20(23)6-15)24-21-9-17-4-18(11-21)12-22(24)10-17/h15-24,27H,3-14H2,1-2H3. The lowest BCUT2D eigenvalue weighted by molar-refractivity contribution is -0.192. The first-order valence-corrected chi connectivity index (χ1v) is 12.3. The van der Waals surface area contributed by atoms with E-state index in [1.54, 1.807) is 0 Å². The third kappa shape index (κ3) is 2.57. The van der Waals surface area contributed by atoms with Crippen molar-refractivity contribution in [2.24, 2.45) is 64.6 Å². The molecule has 2 heteroatoms. The highest BCUT2D eigenvalue weighted by Gasteiger charge is 2.62. The monoisotopic (exact) mass is 371 g/mol. The van der Waals surface area contributed by atoms with Crippen LogP contribution < -0.4 is 0 Å². The number of rotatable bonds is 5. The van der Waals surface area contributed by atoms with Crippen LogP contribution in [0.15, 0.2) is 0 Å². The second-order valence-corrected chi connectivity index (χ2v) is 12.5. The topological polar surface area (TPSA) is 23.5 Å². The van der Waals surface area contributed by atoms with Crippen molar-refractivity contribution in [1.29, 1.82) is 0 Å². The van der Waals surface area contributed by atoms with Crippen molar-refractivity contribution in [2.75, 3.05) is 27.2 Å². The fraction of sp³-hybridized carbons (Fsp3) is 1.00. The minimum Gasteiger partial charge on any atom is -0.396 e. The van der Waals surface area contributed by atoms with E-state index in [2.05, 4.69) is 19.0 Å². The van der Waals surface area contributed by atoms with Crippen LogP contribution in [0.4, 0.5) is 0 Å². The summed E-state index contributed by atoms with van der Waals surface area (Å²) >= 11 is 0. The van der Waals surface area contributed by atoms with Gasteiger partial charge >= 0.3 is 0 Å². The Labute approximate surface area is 166 Å². The maximum Gasteiger partial charge on any atom is 0.0505 e. The molecule has 0 amide bonds. The summed E-state index contributed by atoms with van der Waals surface area (Å²) in [7, 11) is 4.55. The van der Waals surface area contributed by atoms with E-state index in [9.17, 15) is 5.11 Å². The molecule has 0 saturated heterocycles. The fourth-order valence-electron chi connectivity index (χ4n) is 11.0. The van der Waals surface area contributed by atoms with Crippen LogP contribution in [0, 0.1) is 64.6 Å². The number of hydrogen-bond acceptors (Lipinski definition) is 2. The van der Waals surface area contributed by atoms with Crippen molar-refractivity contribution in [3.63, 3.8) is 0 Å². The van der Waals surface area contributed by atoms with Crippen molar-refractivity contribution in [3.8, 4) is 0 Å². The highest BCUT2D eigenvalue weighted by molar-refractivity contribution is 5.12. The summed E-state index contributed by atoms with van der Waals surface area (Å²) in [5.74, 6) is 9.54. The third-order valence-electron chi connectivity index (χ3n) is 10.7. The quantitative estimate of drug-likeness (QED) is 0.759. The summed E-state index contributed by atoms with van der Waals surface area (Å²) in [5, 5.41) is 11.2. The van der Waals surface area contributed by atoms with E-state index in [4.69, 9.17) is 0 Å². The molecule has 8 aliphatic rings. The minimum atomic E-state index is 0.189. The van der Waals surface area contributed by atoms with Crippen molar-refractivity contribution in [1.82, 2.24) is 4.90 Å². The van der Waals surface area contributed by atoms with Crippen LogP contribution in [0.1, 0.15) is 64.2 Å². The molecule has 0 aromatic heterocycles. The Morgan fingerprint density at radius 1 is 0.630 bits per heavy atom. The van der Waals surface area contributed by atoms with E-state index in [1.807, 2.05) is 0 Å². The van der Waals surface area contributed by atoms with Crippen molar-refractivity contribution < 1.29 is 5.11 Å². The molecule has 1 N–H and O–H groups in total. The molecule has 0 atom stereocenters. The van der Waals surface area contributed by atoms with Gasteiger partial charge in [0, 0.05) is 12.0 Å². The van der Waals surface area contributed by atoms with Gasteiger partial charge in [0.05, 0.1) is 6.61 Å². The smallest absolute Gasteiger partial charge is 0.0505 e. The average molecular weight is 372 g/mol. The Balaban J connectivity index is 1.40. The van der Waals surface area contributed by atoms with Gasteiger partial charge < -0.3 is 10.0 Å². The second kappa shape index (κ2) is 6.21. The summed E-state index contributed by atoms with van der Waals surface area (Å²) in [5.41, 5.74) is 0.189. The van der Waals surface area contributed by atoms with Crippen LogP contribution in [0.3, 0.4) is 0 Å². The van der Waals surface area contributed by atoms with Crippen LogP contribution >= 0.6 is 0 Å². The predicted octanol–water partition coefficient (Wildman–Crippen LogP) is 4.67. The van der Waals surface area contributed by atoms with E-state index >= 15 is 0 Å². The van der Waals surface area contributed by atoms with E-state index in [1.165, 1.54) is 64.2 Å². The molecule has 0 aromatic rings. The number of aliphatic hydroxyl groups is 1. The zero-order valence-corrected chi connectivity index (χ0v) is 17.7. The van der Waals surface area contributed by atoms with E-state index < -0.39 is 0 Å². The highest BCUT2D eigenvalue weighted by Crippen LogP contribution is 2.68. The second-order valence-electron chi connectivity index (χ2n) is 12.5. The molecular weight excluding hydrogens is 330 g/mol. The van der Waals surface area contributed by atoms with Gasteiger partial charge in [-0.1, -0.05) is 0 Å². The zero-order chi connectivity index (χ0) is 18.3. The predicted molar refractivity (Wildman–Crippen MR) is 109 cm³/mol. The summed E-state index contributed by atoms with van der Waals surface area (Å²) in [6.07, 6.45) is 15.1. The van der Waals surface area contributed by atoms with Crippen molar-refractivity contribution in [3.05, 3.63) is 0 Å². The van der Waals surface area contributed by atoms with Crippen LogP contribution in [0.5, 0.6) is 0 Å². The number of aliphatic hydroxyl groups excluding tert-OH is 1. The molecule has 8 bridgehead atoms. The first kappa shape index (κ1) is 17.8. The van der Waals surface area contributed by atoms with Crippen molar-refractivity contribution >= 4 is 0 Å². The molecule has 27 heavy (non-hydrogen) atoms. The summed E-state index contributed by atoms with van der Waals surface area (Å²) in [6, 6.07) is 0. The number of nitrogens with zero attached hydrogens (tertiary/aromatic N) is 1. The van der Waals surface area contributed by atoms with Gasteiger partial charge in [-0.3, -0.25) is 0 Å². The first-order chi connectivity index (χ1) is 13.1. The van der Waals surface area contributed by atoms with Crippen LogP contribution in [-0.4, -0.2) is 37.3 Å². The van der Waals surface area contributed by atoms with Gasteiger partial charge in [0.2, 0.25) is 0 Å². The molecule has 0 heterocycles. The van der Waals surface area contributed by atoms with E-state index in [0.717, 1.165) is 65.7 Å². The first-order valence-electron chi connectivity index (χ1n) is 12.3. The molecule has 0 aromatic carbocycles. The molecule has 8 rings (SSSR count). The van der Waals surface area contributed by atoms with Gasteiger partial charge in [-0.15, -0.1) is 0 Å². The average Bonchev–Trinajstić information content (AvgIpc) is 2.58. The Morgan fingerprint density at radius 2 is 0.963 bits per heavy atom. The summed E-state index contributed by atoms with van der Waals surface area (Å²) < 4.78 is 0. The molecule has 0 aliphatic heterocycles. The van der Waals surface area contributed by atoms with Gasteiger partial charge in [0.25, 0.3) is 0 Å². The molecule has 0 spiro atoms. The maximum atomic E-state index is 11.2. The molecule has 8 aliphatic carbocycles. The van der Waals surface area contributed by atoms with Gasteiger partial charge in [-0.2, -0.15) is 0 Å². The third-order valence-corrected chi connectivity index (χ3v) is 10.7. The molecule has 0 radical (unpaired) electrons. The van der Waals surface area contributed by atoms with Crippen LogP contribution in [0.25, 0.3) is 0 Å². The molecule has 0 unspecified atom stereocenters. The van der Waals surface area contributed by atoms with Gasteiger partial charge in [-0.05, 0) is 137 Å². The maximum absolute atomic E-state index is 11.2. The van der Waals surface area contributed by atoms with Crippen molar-refractivity contribution in [2.45, 2.75) is 64.2 Å². The van der Waals surface area contributed by atoms with Crippen LogP contribution in [0.2, 0.25) is 0 Å².